The van der Waals surface area contributed by atoms with Crippen LogP contribution >= 0.6 is 0 Å². The van der Waals surface area contributed by atoms with Gasteiger partial charge in [-0.3, -0.25) is 19.3 Å². The van der Waals surface area contributed by atoms with Gasteiger partial charge in [0, 0.05) is 13.1 Å². The maximum Gasteiger partial charge on any atom is 0.234 e. The fourth-order valence-electron chi connectivity index (χ4n) is 5.31. The van der Waals surface area contributed by atoms with E-state index in [1.165, 1.54) is 4.90 Å². The zero-order chi connectivity index (χ0) is 19.8. The fourth-order valence-corrected chi connectivity index (χ4v) is 5.31. The summed E-state index contributed by atoms with van der Waals surface area (Å²) in [6.45, 7) is 5.14. The highest BCUT2D eigenvalue weighted by Crippen LogP contribution is 2.51. The summed E-state index contributed by atoms with van der Waals surface area (Å²) in [5.41, 5.74) is 0.851. The lowest BCUT2D eigenvalue weighted by molar-refractivity contribution is -0.144. The largest absolute Gasteiger partial charge is 0.343 e. The van der Waals surface area contributed by atoms with Gasteiger partial charge in [0.2, 0.25) is 17.7 Å². The van der Waals surface area contributed by atoms with Gasteiger partial charge in [0.15, 0.2) is 0 Å². The maximum absolute atomic E-state index is 13.4. The summed E-state index contributed by atoms with van der Waals surface area (Å²) in [7, 11) is 0. The Balaban J connectivity index is 1.68. The van der Waals surface area contributed by atoms with E-state index in [1.807, 2.05) is 44.2 Å². The summed E-state index contributed by atoms with van der Waals surface area (Å²) in [4.78, 5) is 42.9. The van der Waals surface area contributed by atoms with Gasteiger partial charge in [0.25, 0.3) is 0 Å². The number of allylic oxidation sites excluding steroid dienone is 2. The lowest BCUT2D eigenvalue weighted by Crippen LogP contribution is -2.40. The number of rotatable bonds is 6. The summed E-state index contributed by atoms with van der Waals surface area (Å²) in [6.07, 6.45) is 6.35. The van der Waals surface area contributed by atoms with Gasteiger partial charge < -0.3 is 4.90 Å². The van der Waals surface area contributed by atoms with E-state index in [4.69, 9.17) is 0 Å². The standard InChI is InChI=1S/C23H28N2O3/c1-3-24(4-2)19(26)14-18(15-8-6-5-7-9-15)25-22(27)20-16-10-11-17(13-12-16)21(20)23(25)28/h5-11,16-18,20-21H,3-4,12-14H2,1-2H3/t16-,17-,18+,20-,21+/m0/s1. The van der Waals surface area contributed by atoms with Crippen molar-refractivity contribution in [2.45, 2.75) is 39.2 Å². The Kier molecular flexibility index (Phi) is 5.09. The smallest absolute Gasteiger partial charge is 0.234 e. The van der Waals surface area contributed by atoms with Gasteiger partial charge in [0.1, 0.15) is 0 Å². The molecule has 28 heavy (non-hydrogen) atoms. The van der Waals surface area contributed by atoms with Crippen LogP contribution in [0.2, 0.25) is 0 Å². The lowest BCUT2D eigenvalue weighted by Gasteiger charge is -2.38. The molecule has 1 aromatic carbocycles. The molecule has 0 N–H and O–H groups in total. The van der Waals surface area contributed by atoms with Crippen LogP contribution in [-0.4, -0.2) is 40.6 Å². The molecule has 0 spiro atoms. The highest BCUT2D eigenvalue weighted by molar-refractivity contribution is 6.06. The van der Waals surface area contributed by atoms with Gasteiger partial charge in [-0.1, -0.05) is 42.5 Å². The number of fused-ring (bicyclic) bond motifs is 1. The minimum atomic E-state index is -0.528. The highest BCUT2D eigenvalue weighted by atomic mass is 16.2. The third kappa shape index (κ3) is 2.97. The first-order valence-electron chi connectivity index (χ1n) is 10.4. The first-order valence-corrected chi connectivity index (χ1v) is 10.4. The van der Waals surface area contributed by atoms with Gasteiger partial charge in [-0.15, -0.1) is 0 Å². The number of hydrogen-bond donors (Lipinski definition) is 0. The van der Waals surface area contributed by atoms with Crippen LogP contribution in [0.1, 0.15) is 44.7 Å². The number of benzene rings is 1. The van der Waals surface area contributed by atoms with Crippen LogP contribution in [0, 0.1) is 23.7 Å². The van der Waals surface area contributed by atoms with E-state index < -0.39 is 6.04 Å². The SMILES string of the molecule is CCN(CC)C(=O)C[C@H](c1ccccc1)N1C(=O)[C@@H]2[C@H](C1=O)[C@H]1C=C[C@H]2CC1. The molecule has 5 heteroatoms. The molecule has 1 aromatic rings. The van der Waals surface area contributed by atoms with Crippen molar-refractivity contribution in [3.05, 3.63) is 48.0 Å². The number of imide groups is 1. The Bertz CT molecular complexity index is 767. The number of carbonyl (C=O) groups is 3. The van der Waals surface area contributed by atoms with Crippen LogP contribution in [0.25, 0.3) is 0 Å². The van der Waals surface area contributed by atoms with Crippen molar-refractivity contribution in [2.75, 3.05) is 13.1 Å². The molecule has 148 valence electrons. The Labute approximate surface area is 166 Å². The zero-order valence-electron chi connectivity index (χ0n) is 16.6. The molecule has 2 bridgehead atoms. The van der Waals surface area contributed by atoms with Crippen molar-refractivity contribution in [1.82, 2.24) is 9.80 Å². The van der Waals surface area contributed by atoms with Gasteiger partial charge >= 0.3 is 0 Å². The Morgan fingerprint density at radius 3 is 2.00 bits per heavy atom. The Morgan fingerprint density at radius 1 is 1.00 bits per heavy atom. The fraction of sp³-hybridized carbons (Fsp3) is 0.522. The number of hydrogen-bond acceptors (Lipinski definition) is 3. The molecular formula is C23H28N2O3. The van der Waals surface area contributed by atoms with E-state index in [9.17, 15) is 14.4 Å². The summed E-state index contributed by atoms with van der Waals surface area (Å²) in [5.74, 6) is -0.365. The molecule has 0 unspecified atom stereocenters. The van der Waals surface area contributed by atoms with Crippen molar-refractivity contribution < 1.29 is 14.4 Å². The van der Waals surface area contributed by atoms with Crippen molar-refractivity contribution >= 4 is 17.7 Å². The molecule has 5 nitrogen and oxygen atoms in total. The van der Waals surface area contributed by atoms with E-state index >= 15 is 0 Å². The first kappa shape index (κ1) is 18.9. The van der Waals surface area contributed by atoms with Crippen LogP contribution in [0.3, 0.4) is 0 Å². The van der Waals surface area contributed by atoms with Crippen molar-refractivity contribution in [3.8, 4) is 0 Å². The van der Waals surface area contributed by atoms with Crippen molar-refractivity contribution in [3.63, 3.8) is 0 Å². The number of nitrogens with zero attached hydrogens (tertiary/aromatic N) is 2. The number of amides is 3. The van der Waals surface area contributed by atoms with Gasteiger partial charge in [-0.05, 0) is 44.1 Å². The van der Waals surface area contributed by atoms with Crippen LogP contribution in [0.15, 0.2) is 42.5 Å². The maximum atomic E-state index is 13.4. The van der Waals surface area contributed by atoms with Crippen LogP contribution in [-0.2, 0) is 14.4 Å². The topological polar surface area (TPSA) is 57.7 Å². The summed E-state index contributed by atoms with van der Waals surface area (Å²) in [5, 5.41) is 0. The molecule has 1 saturated carbocycles. The van der Waals surface area contributed by atoms with E-state index in [-0.39, 0.29) is 47.8 Å². The van der Waals surface area contributed by atoms with Gasteiger partial charge in [0.05, 0.1) is 24.3 Å². The van der Waals surface area contributed by atoms with Gasteiger partial charge in [-0.2, -0.15) is 0 Å². The molecule has 0 radical (unpaired) electrons. The monoisotopic (exact) mass is 380 g/mol. The summed E-state index contributed by atoms with van der Waals surface area (Å²) >= 11 is 0. The number of carbonyl (C=O) groups excluding carboxylic acids is 3. The first-order chi connectivity index (χ1) is 13.6. The summed E-state index contributed by atoms with van der Waals surface area (Å²) < 4.78 is 0. The Hall–Kier alpha value is -2.43. The normalized spacial score (nSPS) is 29.1. The summed E-state index contributed by atoms with van der Waals surface area (Å²) in [6, 6.07) is 9.00. The molecule has 3 aliphatic carbocycles. The average molecular weight is 380 g/mol. The van der Waals surface area contributed by atoms with Crippen LogP contribution in [0.4, 0.5) is 0 Å². The number of likely N-dealkylation sites (tertiary alicyclic amines) is 1. The molecule has 1 saturated heterocycles. The molecule has 0 aromatic heterocycles. The van der Waals surface area contributed by atoms with Crippen molar-refractivity contribution in [1.29, 1.82) is 0 Å². The van der Waals surface area contributed by atoms with Crippen molar-refractivity contribution in [2.24, 2.45) is 23.7 Å². The second kappa shape index (κ2) is 7.53. The minimum absolute atomic E-state index is 0.0181. The molecule has 3 amide bonds. The van der Waals surface area contributed by atoms with E-state index in [2.05, 4.69) is 12.2 Å². The quantitative estimate of drug-likeness (QED) is 0.563. The van der Waals surface area contributed by atoms with Crippen LogP contribution in [0.5, 0.6) is 0 Å². The average Bonchev–Trinajstić information content (AvgIpc) is 3.01. The second-order valence-electron chi connectivity index (χ2n) is 8.08. The molecule has 1 aliphatic heterocycles. The third-order valence-corrected chi connectivity index (χ3v) is 6.77. The van der Waals surface area contributed by atoms with Crippen LogP contribution < -0.4 is 0 Å². The molecule has 5 atom stereocenters. The highest BCUT2D eigenvalue weighted by Gasteiger charge is 2.58. The van der Waals surface area contributed by atoms with E-state index in [0.29, 0.717) is 13.1 Å². The molecule has 1 heterocycles. The third-order valence-electron chi connectivity index (χ3n) is 6.77. The predicted molar refractivity (Wildman–Crippen MR) is 106 cm³/mol. The lowest BCUT2D eigenvalue weighted by atomic mass is 9.63. The molecule has 2 fully saturated rings. The molecular weight excluding hydrogens is 352 g/mol. The van der Waals surface area contributed by atoms with E-state index in [1.54, 1.807) is 4.90 Å². The predicted octanol–water partition coefficient (Wildman–Crippen LogP) is 3.18. The minimum Gasteiger partial charge on any atom is -0.343 e. The Morgan fingerprint density at radius 2 is 1.54 bits per heavy atom. The second-order valence-corrected chi connectivity index (χ2v) is 8.08. The molecule has 4 aliphatic rings. The van der Waals surface area contributed by atoms with E-state index in [0.717, 1.165) is 18.4 Å². The zero-order valence-corrected chi connectivity index (χ0v) is 16.6. The molecule has 5 rings (SSSR count). The van der Waals surface area contributed by atoms with Gasteiger partial charge in [-0.25, -0.2) is 0 Å².